The van der Waals surface area contributed by atoms with Gasteiger partial charge in [0.25, 0.3) is 0 Å². The van der Waals surface area contributed by atoms with Gasteiger partial charge in [0.1, 0.15) is 16.6 Å². The van der Waals surface area contributed by atoms with E-state index in [1.54, 1.807) is 21.0 Å². The third kappa shape index (κ3) is 3.52. The van der Waals surface area contributed by atoms with Crippen LogP contribution in [0.1, 0.15) is 35.9 Å². The Hall–Kier alpha value is -3.32. The van der Waals surface area contributed by atoms with Crippen molar-refractivity contribution in [3.63, 3.8) is 0 Å². The van der Waals surface area contributed by atoms with Gasteiger partial charge in [0.15, 0.2) is 16.8 Å². The second-order valence-corrected chi connectivity index (χ2v) is 9.54. The fraction of sp³-hybridized carbons (Fsp3) is 0.318. The molecule has 0 radical (unpaired) electrons. The number of fused-ring (bicyclic) bond motifs is 1. The highest BCUT2D eigenvalue weighted by Gasteiger charge is 2.71. The summed E-state index contributed by atoms with van der Waals surface area (Å²) in [5.41, 5.74) is 5.82. The molecule has 0 unspecified atom stereocenters. The van der Waals surface area contributed by atoms with E-state index in [4.69, 9.17) is 11.0 Å². The summed E-state index contributed by atoms with van der Waals surface area (Å²) in [4.78, 5) is 26.5. The minimum atomic E-state index is -1.07. The summed E-state index contributed by atoms with van der Waals surface area (Å²) in [6, 6.07) is 6.05. The van der Waals surface area contributed by atoms with Crippen molar-refractivity contribution < 1.29 is 13.6 Å². The molecule has 0 bridgehead atoms. The first-order chi connectivity index (χ1) is 15.1. The summed E-state index contributed by atoms with van der Waals surface area (Å²) in [5.74, 6) is -1.76. The number of amides is 1. The van der Waals surface area contributed by atoms with E-state index in [0.717, 1.165) is 0 Å². The molecule has 1 fully saturated rings. The molecule has 1 amide bonds. The molecule has 10 heteroatoms. The van der Waals surface area contributed by atoms with Crippen molar-refractivity contribution in [3.05, 3.63) is 58.9 Å². The van der Waals surface area contributed by atoms with Crippen LogP contribution < -0.4 is 5.73 Å². The molecule has 1 aliphatic carbocycles. The summed E-state index contributed by atoms with van der Waals surface area (Å²) in [7, 11) is 3.35. The first-order valence-corrected chi connectivity index (χ1v) is 10.6. The van der Waals surface area contributed by atoms with Crippen molar-refractivity contribution in [1.29, 1.82) is 5.26 Å². The largest absolute Gasteiger partial charge is 0.378 e. The number of rotatable bonds is 4. The molecule has 0 saturated heterocycles. The molecule has 2 aromatic rings. The van der Waals surface area contributed by atoms with Gasteiger partial charge in [0.05, 0.1) is 11.1 Å². The molecule has 0 spiro atoms. The number of hydrogen-bond acceptors (Lipinski definition) is 7. The van der Waals surface area contributed by atoms with E-state index in [1.165, 1.54) is 53.3 Å². The number of nitriles is 1. The molecule has 1 aromatic heterocycles. The van der Waals surface area contributed by atoms with Crippen LogP contribution in [0.15, 0.2) is 35.6 Å². The van der Waals surface area contributed by atoms with Crippen LogP contribution in [0.25, 0.3) is 11.9 Å². The predicted molar refractivity (Wildman–Crippen MR) is 118 cm³/mol. The van der Waals surface area contributed by atoms with E-state index in [9.17, 15) is 13.6 Å². The normalized spacial score (nSPS) is 26.6. The van der Waals surface area contributed by atoms with Crippen LogP contribution >= 0.6 is 11.8 Å². The number of aliphatic imine (C=N–C) groups is 1. The van der Waals surface area contributed by atoms with Gasteiger partial charge >= 0.3 is 0 Å². The highest BCUT2D eigenvalue weighted by atomic mass is 32.2. The molecule has 164 valence electrons. The lowest BCUT2D eigenvalue weighted by atomic mass is 9.84. The predicted octanol–water partition coefficient (Wildman–Crippen LogP) is 3.08. The number of nitrogens with two attached hydrogens (primary N) is 1. The molecule has 32 heavy (non-hydrogen) atoms. The zero-order valence-corrected chi connectivity index (χ0v) is 18.5. The number of thioether (sulfide) groups is 1. The molecule has 1 saturated carbocycles. The second-order valence-electron chi connectivity index (χ2n) is 8.18. The highest BCUT2D eigenvalue weighted by Crippen LogP contribution is 2.66. The van der Waals surface area contributed by atoms with Crippen LogP contribution in [-0.4, -0.2) is 44.8 Å². The zero-order valence-electron chi connectivity index (χ0n) is 17.6. The molecule has 1 aliphatic heterocycles. The molecule has 3 atom stereocenters. The van der Waals surface area contributed by atoms with Gasteiger partial charge in [0, 0.05) is 38.0 Å². The van der Waals surface area contributed by atoms with Crippen molar-refractivity contribution in [2.75, 3.05) is 14.1 Å². The van der Waals surface area contributed by atoms with Gasteiger partial charge in [-0.2, -0.15) is 5.26 Å². The van der Waals surface area contributed by atoms with Crippen molar-refractivity contribution in [1.82, 2.24) is 14.9 Å². The summed E-state index contributed by atoms with van der Waals surface area (Å²) < 4.78 is 28.9. The fourth-order valence-corrected chi connectivity index (χ4v) is 5.67. The first kappa shape index (κ1) is 21.9. The maximum absolute atomic E-state index is 15.0. The van der Waals surface area contributed by atoms with E-state index in [1.807, 2.05) is 6.07 Å². The third-order valence-electron chi connectivity index (χ3n) is 5.81. The standard InChI is InChI=1S/C22H20F2N6OS/c1-21(17-8-22(17,19(31)30(2)3)32-20(26)29-21)14-6-12(4-5-15(14)23)7-16(24)18-27-10-13(9-25)11-28-18/h4-7,10-11,17H,8H2,1-3H3,(H2,26,29)/b16-7-/t17-,21+,22-/m0/s1. The van der Waals surface area contributed by atoms with Crippen molar-refractivity contribution in [3.8, 4) is 6.07 Å². The molecule has 2 N–H and O–H groups in total. The Labute approximate surface area is 188 Å². The summed E-state index contributed by atoms with van der Waals surface area (Å²) in [6.07, 6.45) is 4.14. The zero-order chi connectivity index (χ0) is 23.3. The van der Waals surface area contributed by atoms with Crippen LogP contribution in [0.3, 0.4) is 0 Å². The number of aromatic nitrogens is 2. The summed E-state index contributed by atoms with van der Waals surface area (Å²) in [5, 5.41) is 9.03. The van der Waals surface area contributed by atoms with Gasteiger partial charge in [-0.1, -0.05) is 17.8 Å². The molecule has 2 heterocycles. The SMILES string of the molecule is CN(C)C(=O)[C@]12C[C@H]1[C@@](C)(c1cc(/C=C(\F)c3ncc(C#N)cn3)ccc1F)N=C(N)S2. The van der Waals surface area contributed by atoms with Crippen molar-refractivity contribution >= 4 is 34.7 Å². The van der Waals surface area contributed by atoms with Crippen LogP contribution in [0.5, 0.6) is 0 Å². The van der Waals surface area contributed by atoms with E-state index in [2.05, 4.69) is 15.0 Å². The van der Waals surface area contributed by atoms with Crippen LogP contribution in [0.2, 0.25) is 0 Å². The lowest BCUT2D eigenvalue weighted by Gasteiger charge is -2.34. The topological polar surface area (TPSA) is 108 Å². The molecule has 7 nitrogen and oxygen atoms in total. The Morgan fingerprint density at radius 3 is 2.69 bits per heavy atom. The first-order valence-electron chi connectivity index (χ1n) is 9.76. The quantitative estimate of drug-likeness (QED) is 0.761. The Bertz CT molecular complexity index is 1210. The van der Waals surface area contributed by atoms with E-state index >= 15 is 0 Å². The minimum absolute atomic E-state index is 0.0861. The maximum atomic E-state index is 15.0. The molecule has 2 aliphatic rings. The fourth-order valence-electron chi connectivity index (χ4n) is 4.17. The van der Waals surface area contributed by atoms with E-state index < -0.39 is 21.9 Å². The second kappa shape index (κ2) is 7.67. The average Bonchev–Trinajstić information content (AvgIpc) is 3.51. The smallest absolute Gasteiger partial charge is 0.239 e. The Balaban J connectivity index is 1.72. The van der Waals surface area contributed by atoms with Gasteiger partial charge in [0.2, 0.25) is 5.91 Å². The number of nitrogens with zero attached hydrogens (tertiary/aromatic N) is 5. The van der Waals surface area contributed by atoms with Crippen LogP contribution in [-0.2, 0) is 10.3 Å². The number of carbonyl (C=O) groups excluding carboxylic acids is 1. The lowest BCUT2D eigenvalue weighted by Crippen LogP contribution is -2.43. The minimum Gasteiger partial charge on any atom is -0.378 e. The van der Waals surface area contributed by atoms with Gasteiger partial charge in [-0.3, -0.25) is 9.79 Å². The van der Waals surface area contributed by atoms with Crippen LogP contribution in [0, 0.1) is 23.1 Å². The lowest BCUT2D eigenvalue weighted by molar-refractivity contribution is -0.129. The Morgan fingerprint density at radius 1 is 1.38 bits per heavy atom. The number of halogens is 2. The summed E-state index contributed by atoms with van der Waals surface area (Å²) in [6.45, 7) is 1.75. The van der Waals surface area contributed by atoms with Gasteiger partial charge in [-0.05, 0) is 37.1 Å². The summed E-state index contributed by atoms with van der Waals surface area (Å²) >= 11 is 1.22. The monoisotopic (exact) mass is 454 g/mol. The van der Waals surface area contributed by atoms with Crippen molar-refractivity contribution in [2.24, 2.45) is 16.6 Å². The van der Waals surface area contributed by atoms with Crippen LogP contribution in [0.4, 0.5) is 8.78 Å². The van der Waals surface area contributed by atoms with Gasteiger partial charge < -0.3 is 10.6 Å². The Kier molecular flexibility index (Phi) is 5.25. The number of benzene rings is 1. The maximum Gasteiger partial charge on any atom is 0.239 e. The van der Waals surface area contributed by atoms with E-state index in [-0.39, 0.29) is 33.9 Å². The number of hydrogen-bond donors (Lipinski definition) is 1. The van der Waals surface area contributed by atoms with Gasteiger partial charge in [-0.15, -0.1) is 0 Å². The van der Waals surface area contributed by atoms with Crippen molar-refractivity contribution in [2.45, 2.75) is 23.6 Å². The number of amidine groups is 1. The Morgan fingerprint density at radius 2 is 2.06 bits per heavy atom. The highest BCUT2D eigenvalue weighted by molar-refractivity contribution is 8.15. The van der Waals surface area contributed by atoms with E-state index in [0.29, 0.717) is 12.0 Å². The molecule has 4 rings (SSSR count). The third-order valence-corrected chi connectivity index (χ3v) is 7.10. The number of carbonyl (C=O) groups is 1. The molecule has 1 aromatic carbocycles. The molecular formula is C22H20F2N6OS. The molecular weight excluding hydrogens is 434 g/mol. The average molecular weight is 455 g/mol. The van der Waals surface area contributed by atoms with Gasteiger partial charge in [-0.25, -0.2) is 18.7 Å².